The number of ether oxygens (including phenoxy) is 1. The third-order valence-corrected chi connectivity index (χ3v) is 7.36. The molecule has 1 amide bonds. The Kier molecular flexibility index (Phi) is 4.58. The van der Waals surface area contributed by atoms with Gasteiger partial charge in [0.15, 0.2) is 0 Å². The molecule has 0 bridgehead atoms. The molecule has 4 rings (SSSR count). The van der Waals surface area contributed by atoms with Crippen molar-refractivity contribution in [2.45, 2.75) is 56.2 Å². The minimum atomic E-state index is -3.68. The summed E-state index contributed by atoms with van der Waals surface area (Å²) in [6.45, 7) is 6.41. The number of hydrogen-bond acceptors (Lipinski definition) is 5. The number of nitrogens with zero attached hydrogens (tertiary/aromatic N) is 3. The third-order valence-electron chi connectivity index (χ3n) is 5.38. The van der Waals surface area contributed by atoms with Gasteiger partial charge in [-0.3, -0.25) is 4.98 Å². The maximum absolute atomic E-state index is 13.5. The van der Waals surface area contributed by atoms with Crippen LogP contribution in [0.3, 0.4) is 0 Å². The van der Waals surface area contributed by atoms with Gasteiger partial charge >= 0.3 is 6.09 Å². The van der Waals surface area contributed by atoms with Crippen LogP contribution in [0, 0.1) is 0 Å². The average Bonchev–Trinajstić information content (AvgIpc) is 3.21. The van der Waals surface area contributed by atoms with Gasteiger partial charge in [0.05, 0.1) is 10.9 Å². The second kappa shape index (κ2) is 6.70. The first-order valence-corrected chi connectivity index (χ1v) is 11.0. The molecule has 1 aromatic carbocycles. The number of aromatic nitrogens is 1. The normalized spacial score (nSPS) is 23.2. The first-order chi connectivity index (χ1) is 13.2. The fourth-order valence-corrected chi connectivity index (χ4v) is 6.15. The maximum Gasteiger partial charge on any atom is 0.410 e. The molecule has 0 N–H and O–H groups in total. The molecule has 28 heavy (non-hydrogen) atoms. The monoisotopic (exact) mass is 403 g/mol. The lowest BCUT2D eigenvalue weighted by Crippen LogP contribution is -2.43. The summed E-state index contributed by atoms with van der Waals surface area (Å²) >= 11 is 0. The summed E-state index contributed by atoms with van der Waals surface area (Å²) in [7, 11) is -3.68. The van der Waals surface area contributed by atoms with E-state index in [2.05, 4.69) is 4.98 Å². The van der Waals surface area contributed by atoms with Crippen LogP contribution in [0.1, 0.15) is 33.6 Å². The van der Waals surface area contributed by atoms with E-state index in [4.69, 9.17) is 4.74 Å². The molecule has 3 heterocycles. The summed E-state index contributed by atoms with van der Waals surface area (Å²) in [6, 6.07) is 6.62. The first-order valence-electron chi connectivity index (χ1n) is 9.53. The van der Waals surface area contributed by atoms with E-state index in [0.717, 1.165) is 5.39 Å². The summed E-state index contributed by atoms with van der Waals surface area (Å²) < 4.78 is 34.0. The van der Waals surface area contributed by atoms with Crippen molar-refractivity contribution in [3.05, 3.63) is 36.7 Å². The number of likely N-dealkylation sites (tertiary alicyclic amines) is 1. The van der Waals surface area contributed by atoms with Gasteiger partial charge in [-0.05, 0) is 45.7 Å². The molecule has 7 nitrogen and oxygen atoms in total. The van der Waals surface area contributed by atoms with Gasteiger partial charge < -0.3 is 9.64 Å². The topological polar surface area (TPSA) is 79.8 Å². The summed E-state index contributed by atoms with van der Waals surface area (Å²) in [5.41, 5.74) is -0.573. The SMILES string of the molecule is CC(C)(C)OC(=O)N1CCC2C1CCN2S(=O)(=O)c1cccc2cnccc12. The van der Waals surface area contributed by atoms with Crippen LogP contribution in [0.5, 0.6) is 0 Å². The first kappa shape index (κ1) is 19.1. The predicted octanol–water partition coefficient (Wildman–Crippen LogP) is 3.01. The second-order valence-corrected chi connectivity index (χ2v) is 10.2. The molecule has 0 radical (unpaired) electrons. The second-order valence-electron chi connectivity index (χ2n) is 8.35. The molecule has 0 aliphatic carbocycles. The van der Waals surface area contributed by atoms with E-state index in [1.54, 1.807) is 39.8 Å². The van der Waals surface area contributed by atoms with Crippen molar-refractivity contribution in [3.63, 3.8) is 0 Å². The van der Waals surface area contributed by atoms with Crippen molar-refractivity contribution in [1.82, 2.24) is 14.2 Å². The highest BCUT2D eigenvalue weighted by Gasteiger charge is 2.49. The highest BCUT2D eigenvalue weighted by atomic mass is 32.2. The summed E-state index contributed by atoms with van der Waals surface area (Å²) in [6.07, 6.45) is 4.15. The zero-order valence-corrected chi connectivity index (χ0v) is 17.1. The van der Waals surface area contributed by atoms with Crippen LogP contribution in [-0.4, -0.2) is 59.5 Å². The molecule has 8 heteroatoms. The van der Waals surface area contributed by atoms with Gasteiger partial charge in [-0.2, -0.15) is 4.31 Å². The van der Waals surface area contributed by atoms with Gasteiger partial charge in [-0.15, -0.1) is 0 Å². The van der Waals surface area contributed by atoms with Crippen molar-refractivity contribution >= 4 is 26.9 Å². The Balaban J connectivity index is 1.62. The largest absolute Gasteiger partial charge is 0.444 e. The van der Waals surface area contributed by atoms with Crippen molar-refractivity contribution in [2.24, 2.45) is 0 Å². The number of benzene rings is 1. The Morgan fingerprint density at radius 3 is 2.64 bits per heavy atom. The van der Waals surface area contributed by atoms with Crippen LogP contribution in [0.25, 0.3) is 10.8 Å². The fraction of sp³-hybridized carbons (Fsp3) is 0.500. The lowest BCUT2D eigenvalue weighted by molar-refractivity contribution is 0.0225. The number of sulfonamides is 1. The van der Waals surface area contributed by atoms with Crippen LogP contribution in [-0.2, 0) is 14.8 Å². The predicted molar refractivity (Wildman–Crippen MR) is 105 cm³/mol. The summed E-state index contributed by atoms with van der Waals surface area (Å²) in [5, 5.41) is 1.46. The number of amides is 1. The van der Waals surface area contributed by atoms with Crippen LogP contribution in [0.15, 0.2) is 41.6 Å². The van der Waals surface area contributed by atoms with Crippen molar-refractivity contribution < 1.29 is 17.9 Å². The molecule has 2 unspecified atom stereocenters. The zero-order valence-electron chi connectivity index (χ0n) is 16.3. The molecule has 0 saturated carbocycles. The number of rotatable bonds is 2. The van der Waals surface area contributed by atoms with Crippen molar-refractivity contribution in [2.75, 3.05) is 13.1 Å². The summed E-state index contributed by atoms with van der Waals surface area (Å²) in [5.74, 6) is 0. The number of hydrogen-bond donors (Lipinski definition) is 0. The fourth-order valence-electron chi connectivity index (χ4n) is 4.24. The van der Waals surface area contributed by atoms with E-state index >= 15 is 0 Å². The van der Waals surface area contributed by atoms with Crippen LogP contribution in [0.4, 0.5) is 4.79 Å². The van der Waals surface area contributed by atoms with Crippen molar-refractivity contribution in [1.29, 1.82) is 0 Å². The van der Waals surface area contributed by atoms with Gasteiger partial charge in [-0.1, -0.05) is 12.1 Å². The van der Waals surface area contributed by atoms with Crippen LogP contribution >= 0.6 is 0 Å². The molecular weight excluding hydrogens is 378 g/mol. The smallest absolute Gasteiger partial charge is 0.410 e. The molecule has 2 aliphatic rings. The number of carbonyl (C=O) groups excluding carboxylic acids is 1. The Hall–Kier alpha value is -2.19. The van der Waals surface area contributed by atoms with Gasteiger partial charge in [0.2, 0.25) is 10.0 Å². The number of pyridine rings is 1. The van der Waals surface area contributed by atoms with Gasteiger partial charge in [0, 0.05) is 42.3 Å². The minimum absolute atomic E-state index is 0.138. The van der Waals surface area contributed by atoms with E-state index in [1.807, 2.05) is 26.8 Å². The van der Waals surface area contributed by atoms with E-state index in [0.29, 0.717) is 36.2 Å². The quantitative estimate of drug-likeness (QED) is 0.770. The van der Waals surface area contributed by atoms with E-state index < -0.39 is 15.6 Å². The minimum Gasteiger partial charge on any atom is -0.444 e. The molecule has 1 aromatic heterocycles. The Morgan fingerprint density at radius 1 is 1.14 bits per heavy atom. The molecular formula is C20H25N3O4S. The number of carbonyl (C=O) groups is 1. The average molecular weight is 404 g/mol. The highest BCUT2D eigenvalue weighted by Crippen LogP contribution is 2.37. The molecule has 2 aliphatic heterocycles. The van der Waals surface area contributed by atoms with Crippen molar-refractivity contribution in [3.8, 4) is 0 Å². The van der Waals surface area contributed by atoms with Gasteiger partial charge in [0.25, 0.3) is 0 Å². The summed E-state index contributed by atoms with van der Waals surface area (Å²) in [4.78, 5) is 18.6. The molecule has 2 saturated heterocycles. The Bertz CT molecular complexity index is 1010. The van der Waals surface area contributed by atoms with Crippen LogP contribution < -0.4 is 0 Å². The van der Waals surface area contributed by atoms with Gasteiger partial charge in [-0.25, -0.2) is 13.2 Å². The Morgan fingerprint density at radius 2 is 1.89 bits per heavy atom. The standard InChI is InChI=1S/C20H25N3O4S/c1-20(2,3)27-19(24)22-11-8-17-16(22)9-12-23(17)28(25,26)18-6-4-5-14-13-21-10-7-15(14)18/h4-7,10,13,16-17H,8-9,11-12H2,1-3H3. The third kappa shape index (κ3) is 3.24. The molecule has 2 aromatic rings. The number of fused-ring (bicyclic) bond motifs is 2. The lowest BCUT2D eigenvalue weighted by Gasteiger charge is -2.28. The lowest BCUT2D eigenvalue weighted by atomic mass is 10.1. The highest BCUT2D eigenvalue weighted by molar-refractivity contribution is 7.89. The molecule has 150 valence electrons. The van der Waals surface area contributed by atoms with E-state index in [1.165, 1.54) is 0 Å². The van der Waals surface area contributed by atoms with E-state index in [9.17, 15) is 13.2 Å². The van der Waals surface area contributed by atoms with Crippen LogP contribution in [0.2, 0.25) is 0 Å². The van der Waals surface area contributed by atoms with Gasteiger partial charge in [0.1, 0.15) is 5.60 Å². The molecule has 2 atom stereocenters. The molecule has 2 fully saturated rings. The Labute approximate surface area is 165 Å². The zero-order chi connectivity index (χ0) is 20.1. The molecule has 0 spiro atoms. The maximum atomic E-state index is 13.5. The van der Waals surface area contributed by atoms with E-state index in [-0.39, 0.29) is 18.2 Å².